The van der Waals surface area contributed by atoms with Crippen LogP contribution in [0.15, 0.2) is 30.5 Å². The van der Waals surface area contributed by atoms with Crippen LogP contribution < -0.4 is 9.47 Å². The van der Waals surface area contributed by atoms with Crippen molar-refractivity contribution >= 4 is 5.69 Å². The molecule has 7 heteroatoms. The lowest BCUT2D eigenvalue weighted by Crippen LogP contribution is -2.03. The van der Waals surface area contributed by atoms with Gasteiger partial charge in [-0.15, -0.1) is 0 Å². The Morgan fingerprint density at radius 1 is 1.30 bits per heavy atom. The molecule has 102 valence electrons. The molecule has 0 fully saturated rings. The predicted molar refractivity (Wildman–Crippen MR) is 70.2 cm³/mol. The highest BCUT2D eigenvalue weighted by molar-refractivity contribution is 5.63. The van der Waals surface area contributed by atoms with E-state index in [9.17, 15) is 10.1 Å². The Balaban J connectivity index is 2.74. The second-order valence-electron chi connectivity index (χ2n) is 3.83. The maximum absolute atomic E-state index is 11.2. The monoisotopic (exact) mass is 273 g/mol. The number of benzene rings is 1. The smallest absolute Gasteiger partial charge is 0.297 e. The van der Waals surface area contributed by atoms with Crippen LogP contribution in [0.1, 0.15) is 5.69 Å². The first-order chi connectivity index (χ1) is 9.62. The van der Waals surface area contributed by atoms with Crippen molar-refractivity contribution in [3.8, 4) is 23.3 Å². The fourth-order valence-corrected chi connectivity index (χ4v) is 1.88. The number of hydrogen-bond acceptors (Lipinski definition) is 5. The lowest BCUT2D eigenvalue weighted by Gasteiger charge is -2.11. The molecule has 0 N–H and O–H groups in total. The van der Waals surface area contributed by atoms with Gasteiger partial charge in [0.05, 0.1) is 25.2 Å². The van der Waals surface area contributed by atoms with E-state index in [1.807, 2.05) is 6.07 Å². The van der Waals surface area contributed by atoms with Gasteiger partial charge in [-0.25, -0.2) is 0 Å². The summed E-state index contributed by atoms with van der Waals surface area (Å²) in [6.45, 7) is 0. The molecule has 0 aliphatic carbocycles. The number of nitro benzene ring substituents is 1. The average molecular weight is 273 g/mol. The van der Waals surface area contributed by atoms with Gasteiger partial charge in [0, 0.05) is 12.3 Å². The highest BCUT2D eigenvalue weighted by Crippen LogP contribution is 2.36. The lowest BCUT2D eigenvalue weighted by atomic mass is 10.2. The van der Waals surface area contributed by atoms with E-state index in [-0.39, 0.29) is 17.1 Å². The number of nitro groups is 1. The first-order valence-electron chi connectivity index (χ1n) is 5.60. The molecule has 1 heterocycles. The van der Waals surface area contributed by atoms with Crippen molar-refractivity contribution in [3.05, 3.63) is 46.3 Å². The summed E-state index contributed by atoms with van der Waals surface area (Å²) in [7, 11) is 2.84. The summed E-state index contributed by atoms with van der Waals surface area (Å²) in [4.78, 5) is 10.7. The highest BCUT2D eigenvalue weighted by Gasteiger charge is 2.21. The van der Waals surface area contributed by atoms with Gasteiger partial charge in [0.15, 0.2) is 11.5 Å². The van der Waals surface area contributed by atoms with Gasteiger partial charge in [-0.05, 0) is 12.1 Å². The number of ether oxygens (including phenoxy) is 2. The van der Waals surface area contributed by atoms with Gasteiger partial charge in [0.1, 0.15) is 17.5 Å². The van der Waals surface area contributed by atoms with Crippen molar-refractivity contribution in [1.82, 2.24) is 4.57 Å². The number of nitriles is 1. The van der Waals surface area contributed by atoms with E-state index in [4.69, 9.17) is 14.7 Å². The third kappa shape index (κ3) is 2.14. The zero-order chi connectivity index (χ0) is 14.7. The molecule has 2 rings (SSSR count). The molecule has 1 aromatic carbocycles. The zero-order valence-corrected chi connectivity index (χ0v) is 10.9. The number of rotatable bonds is 4. The van der Waals surface area contributed by atoms with Gasteiger partial charge in [-0.1, -0.05) is 0 Å². The fraction of sp³-hybridized carbons (Fsp3) is 0.154. The normalized spacial score (nSPS) is 9.85. The molecule has 0 unspecified atom stereocenters. The van der Waals surface area contributed by atoms with E-state index in [1.165, 1.54) is 30.9 Å². The molecule has 0 atom stereocenters. The predicted octanol–water partition coefficient (Wildman–Crippen LogP) is 2.27. The quantitative estimate of drug-likeness (QED) is 0.629. The van der Waals surface area contributed by atoms with E-state index < -0.39 is 4.92 Å². The summed E-state index contributed by atoms with van der Waals surface area (Å²) in [5, 5.41) is 20.2. The summed E-state index contributed by atoms with van der Waals surface area (Å²) >= 11 is 0. The van der Waals surface area contributed by atoms with E-state index in [1.54, 1.807) is 18.3 Å². The first kappa shape index (κ1) is 13.4. The third-order valence-corrected chi connectivity index (χ3v) is 2.80. The maximum atomic E-state index is 11.2. The van der Waals surface area contributed by atoms with E-state index in [0.717, 1.165) is 0 Å². The summed E-state index contributed by atoms with van der Waals surface area (Å²) in [6.07, 6.45) is 1.58. The molecule has 20 heavy (non-hydrogen) atoms. The second kappa shape index (κ2) is 5.32. The Morgan fingerprint density at radius 3 is 2.50 bits per heavy atom. The maximum Gasteiger partial charge on any atom is 0.297 e. The van der Waals surface area contributed by atoms with Crippen LogP contribution in [-0.2, 0) is 0 Å². The number of aromatic nitrogens is 1. The Labute approximate surface area is 114 Å². The van der Waals surface area contributed by atoms with E-state index >= 15 is 0 Å². The minimum atomic E-state index is -0.529. The van der Waals surface area contributed by atoms with Crippen LogP contribution in [0.25, 0.3) is 5.69 Å². The molecular formula is C13H11N3O4. The van der Waals surface area contributed by atoms with Gasteiger partial charge >= 0.3 is 0 Å². The third-order valence-electron chi connectivity index (χ3n) is 2.80. The van der Waals surface area contributed by atoms with Crippen molar-refractivity contribution < 1.29 is 14.4 Å². The standard InChI is InChI=1S/C13H11N3O4/c1-19-12-6-10(15-5-3-4-9(15)8-14)11(16(17)18)7-13(12)20-2/h3-7H,1-2H3. The molecule has 0 saturated heterocycles. The highest BCUT2D eigenvalue weighted by atomic mass is 16.6. The summed E-state index contributed by atoms with van der Waals surface area (Å²) < 4.78 is 11.6. The summed E-state index contributed by atoms with van der Waals surface area (Å²) in [6, 6.07) is 7.93. The Morgan fingerprint density at radius 2 is 1.95 bits per heavy atom. The number of hydrogen-bond donors (Lipinski definition) is 0. The van der Waals surface area contributed by atoms with Crippen molar-refractivity contribution in [2.45, 2.75) is 0 Å². The molecular weight excluding hydrogens is 262 g/mol. The van der Waals surface area contributed by atoms with Crippen LogP contribution in [0.5, 0.6) is 11.5 Å². The zero-order valence-electron chi connectivity index (χ0n) is 10.9. The molecule has 0 radical (unpaired) electrons. The van der Waals surface area contributed by atoms with Gasteiger partial charge in [0.2, 0.25) is 0 Å². The van der Waals surface area contributed by atoms with Crippen LogP contribution in [0, 0.1) is 21.4 Å². The lowest BCUT2D eigenvalue weighted by molar-refractivity contribution is -0.384. The van der Waals surface area contributed by atoms with Crippen molar-refractivity contribution in [3.63, 3.8) is 0 Å². The van der Waals surface area contributed by atoms with Crippen molar-refractivity contribution in [2.24, 2.45) is 0 Å². The first-order valence-corrected chi connectivity index (χ1v) is 5.60. The SMILES string of the molecule is COc1cc(-n2cccc2C#N)c([N+](=O)[O-])cc1OC. The molecule has 2 aromatic rings. The molecule has 0 amide bonds. The van der Waals surface area contributed by atoms with Gasteiger partial charge in [-0.3, -0.25) is 10.1 Å². The van der Waals surface area contributed by atoms with Gasteiger partial charge in [0.25, 0.3) is 5.69 Å². The average Bonchev–Trinajstić information content (AvgIpc) is 2.93. The Kier molecular flexibility index (Phi) is 3.57. The minimum absolute atomic E-state index is 0.171. The van der Waals surface area contributed by atoms with Gasteiger partial charge < -0.3 is 14.0 Å². The van der Waals surface area contributed by atoms with Crippen molar-refractivity contribution in [2.75, 3.05) is 14.2 Å². The summed E-state index contributed by atoms with van der Waals surface area (Å²) in [5.74, 6) is 0.610. The number of nitrogens with zero attached hydrogens (tertiary/aromatic N) is 3. The molecule has 0 spiro atoms. The molecule has 0 aliphatic rings. The largest absolute Gasteiger partial charge is 0.493 e. The van der Waals surface area contributed by atoms with Crippen LogP contribution in [0.2, 0.25) is 0 Å². The second-order valence-corrected chi connectivity index (χ2v) is 3.83. The molecule has 7 nitrogen and oxygen atoms in total. The molecule has 0 aliphatic heterocycles. The van der Waals surface area contributed by atoms with Crippen LogP contribution >= 0.6 is 0 Å². The van der Waals surface area contributed by atoms with Crippen LogP contribution in [0.4, 0.5) is 5.69 Å². The van der Waals surface area contributed by atoms with Crippen LogP contribution in [-0.4, -0.2) is 23.7 Å². The molecule has 1 aromatic heterocycles. The fourth-order valence-electron chi connectivity index (χ4n) is 1.88. The summed E-state index contributed by atoms with van der Waals surface area (Å²) in [5.41, 5.74) is 0.366. The minimum Gasteiger partial charge on any atom is -0.493 e. The molecule has 0 saturated carbocycles. The van der Waals surface area contributed by atoms with E-state index in [2.05, 4.69) is 0 Å². The van der Waals surface area contributed by atoms with E-state index in [0.29, 0.717) is 11.4 Å². The topological polar surface area (TPSA) is 90.3 Å². The van der Waals surface area contributed by atoms with Gasteiger partial charge in [-0.2, -0.15) is 5.26 Å². The molecule has 0 bridgehead atoms. The van der Waals surface area contributed by atoms with Crippen LogP contribution in [0.3, 0.4) is 0 Å². The Hall–Kier alpha value is -3.01. The van der Waals surface area contributed by atoms with Crippen molar-refractivity contribution in [1.29, 1.82) is 5.26 Å². The number of methoxy groups -OCH3 is 2. The Bertz CT molecular complexity index is 700.